The molecule has 4 aromatic rings. The highest BCUT2D eigenvalue weighted by Gasteiger charge is 2.16. The van der Waals surface area contributed by atoms with Crippen molar-refractivity contribution >= 4 is 48.7 Å². The number of hydrogen-bond donors (Lipinski definition) is 1. The Morgan fingerprint density at radius 2 is 1.77 bits per heavy atom. The zero-order valence-corrected chi connectivity index (χ0v) is 15.8. The molecule has 0 amide bonds. The van der Waals surface area contributed by atoms with E-state index in [2.05, 4.69) is 9.71 Å². The van der Waals surface area contributed by atoms with Gasteiger partial charge in [-0.3, -0.25) is 4.72 Å². The maximum Gasteiger partial charge on any atom is 0.261 e. The average Bonchev–Trinajstić information content (AvgIpc) is 3.12. The number of sulfonamides is 1. The Morgan fingerprint density at radius 3 is 2.58 bits per heavy atom. The lowest BCUT2D eigenvalue weighted by Gasteiger charge is -2.11. The monoisotopic (exact) mass is 400 g/mol. The number of nitrogens with one attached hydrogen (secondary N) is 1. The van der Waals surface area contributed by atoms with Gasteiger partial charge in [0, 0.05) is 16.5 Å². The molecule has 0 fully saturated rings. The quantitative estimate of drug-likeness (QED) is 0.465. The van der Waals surface area contributed by atoms with Crippen molar-refractivity contribution in [2.24, 2.45) is 0 Å². The molecule has 0 aliphatic carbocycles. The number of aromatic nitrogens is 1. The molecule has 2 aromatic carbocycles. The second-order valence-corrected chi connectivity index (χ2v) is 8.64. The van der Waals surface area contributed by atoms with Crippen LogP contribution in [0.1, 0.15) is 0 Å². The third-order valence-corrected chi connectivity index (χ3v) is 6.50. The smallest absolute Gasteiger partial charge is 0.261 e. The molecule has 0 saturated heterocycles. The van der Waals surface area contributed by atoms with Crippen molar-refractivity contribution in [3.05, 3.63) is 77.4 Å². The van der Waals surface area contributed by atoms with Crippen molar-refractivity contribution in [1.82, 2.24) is 4.98 Å². The molecule has 2 heterocycles. The number of fused-ring (bicyclic) bond motifs is 1. The molecule has 130 valence electrons. The molecule has 0 unspecified atom stereocenters. The zero-order valence-electron chi connectivity index (χ0n) is 13.4. The highest BCUT2D eigenvalue weighted by Crippen LogP contribution is 2.31. The lowest BCUT2D eigenvalue weighted by atomic mass is 10.1. The Labute approximate surface area is 160 Å². The van der Waals surface area contributed by atoms with Gasteiger partial charge < -0.3 is 0 Å². The number of benzene rings is 2. The van der Waals surface area contributed by atoms with Crippen LogP contribution in [0.2, 0.25) is 5.15 Å². The van der Waals surface area contributed by atoms with Crippen LogP contribution < -0.4 is 4.72 Å². The van der Waals surface area contributed by atoms with E-state index in [1.165, 1.54) is 16.8 Å². The van der Waals surface area contributed by atoms with Crippen LogP contribution in [0.4, 0.5) is 5.69 Å². The van der Waals surface area contributed by atoms with Gasteiger partial charge in [-0.05, 0) is 52.7 Å². The zero-order chi connectivity index (χ0) is 18.1. The SMILES string of the molecule is O=S(=O)(Nc1cc(-c2ccc3sccc3c2)cnc1Cl)c1ccccc1. The summed E-state index contributed by atoms with van der Waals surface area (Å²) >= 11 is 7.79. The summed E-state index contributed by atoms with van der Waals surface area (Å²) in [5, 5.41) is 3.27. The Hall–Kier alpha value is -2.41. The van der Waals surface area contributed by atoms with Gasteiger partial charge in [0.05, 0.1) is 10.6 Å². The Balaban J connectivity index is 1.72. The number of halogens is 1. The van der Waals surface area contributed by atoms with Crippen LogP contribution in [0.25, 0.3) is 21.2 Å². The van der Waals surface area contributed by atoms with Gasteiger partial charge in [0.25, 0.3) is 10.0 Å². The Kier molecular flexibility index (Phi) is 4.40. The van der Waals surface area contributed by atoms with Gasteiger partial charge >= 0.3 is 0 Å². The van der Waals surface area contributed by atoms with Crippen molar-refractivity contribution in [2.45, 2.75) is 4.90 Å². The van der Waals surface area contributed by atoms with Gasteiger partial charge in [-0.15, -0.1) is 11.3 Å². The van der Waals surface area contributed by atoms with Gasteiger partial charge in [-0.2, -0.15) is 0 Å². The van der Waals surface area contributed by atoms with Crippen LogP contribution in [0.3, 0.4) is 0 Å². The predicted octanol–water partition coefficient (Wildman–Crippen LogP) is 5.42. The second kappa shape index (κ2) is 6.72. The molecule has 0 spiro atoms. The largest absolute Gasteiger partial charge is 0.276 e. The molecule has 0 saturated carbocycles. The molecular weight excluding hydrogens is 388 g/mol. The minimum atomic E-state index is -3.73. The average molecular weight is 401 g/mol. The van der Waals surface area contributed by atoms with E-state index >= 15 is 0 Å². The fourth-order valence-electron chi connectivity index (χ4n) is 2.63. The minimum absolute atomic E-state index is 0.102. The van der Waals surface area contributed by atoms with Crippen LogP contribution in [0, 0.1) is 0 Å². The first-order valence-electron chi connectivity index (χ1n) is 7.74. The Bertz CT molecular complexity index is 1190. The molecule has 0 atom stereocenters. The molecule has 4 nitrogen and oxygen atoms in total. The van der Waals surface area contributed by atoms with Crippen molar-refractivity contribution < 1.29 is 8.42 Å². The summed E-state index contributed by atoms with van der Waals surface area (Å²) in [7, 11) is -3.73. The van der Waals surface area contributed by atoms with E-state index in [0.29, 0.717) is 0 Å². The van der Waals surface area contributed by atoms with Gasteiger partial charge in [0.2, 0.25) is 0 Å². The van der Waals surface area contributed by atoms with E-state index in [9.17, 15) is 8.42 Å². The van der Waals surface area contributed by atoms with Crippen LogP contribution in [0.15, 0.2) is 77.1 Å². The highest BCUT2D eigenvalue weighted by molar-refractivity contribution is 7.92. The Morgan fingerprint density at radius 1 is 0.962 bits per heavy atom. The summed E-state index contributed by atoms with van der Waals surface area (Å²) in [5.74, 6) is 0. The number of rotatable bonds is 4. The van der Waals surface area contributed by atoms with Crippen LogP contribution in [-0.2, 0) is 10.0 Å². The molecule has 0 bridgehead atoms. The number of anilines is 1. The molecule has 2 aromatic heterocycles. The normalized spacial score (nSPS) is 11.6. The number of pyridine rings is 1. The first-order chi connectivity index (χ1) is 12.5. The number of thiophene rings is 1. The van der Waals surface area contributed by atoms with Crippen molar-refractivity contribution in [3.63, 3.8) is 0 Å². The van der Waals surface area contributed by atoms with Crippen LogP contribution >= 0.6 is 22.9 Å². The maximum absolute atomic E-state index is 12.5. The van der Waals surface area contributed by atoms with Crippen LogP contribution in [0.5, 0.6) is 0 Å². The molecular formula is C19H13ClN2O2S2. The van der Waals surface area contributed by atoms with E-state index in [4.69, 9.17) is 11.6 Å². The molecule has 0 aliphatic rings. The van der Waals surface area contributed by atoms with Gasteiger partial charge in [0.15, 0.2) is 5.15 Å². The second-order valence-electron chi connectivity index (χ2n) is 5.65. The molecule has 26 heavy (non-hydrogen) atoms. The summed E-state index contributed by atoms with van der Waals surface area (Å²) < 4.78 is 28.8. The van der Waals surface area contributed by atoms with Gasteiger partial charge in [-0.1, -0.05) is 35.9 Å². The van der Waals surface area contributed by atoms with Gasteiger partial charge in [-0.25, -0.2) is 13.4 Å². The van der Waals surface area contributed by atoms with Crippen molar-refractivity contribution in [1.29, 1.82) is 0 Å². The van der Waals surface area contributed by atoms with E-state index < -0.39 is 10.0 Å². The summed E-state index contributed by atoms with van der Waals surface area (Å²) in [4.78, 5) is 4.31. The third-order valence-electron chi connectivity index (χ3n) is 3.92. The van der Waals surface area contributed by atoms with E-state index in [-0.39, 0.29) is 15.7 Å². The fourth-order valence-corrected chi connectivity index (χ4v) is 4.68. The van der Waals surface area contributed by atoms with E-state index in [1.807, 2.05) is 29.6 Å². The molecule has 1 N–H and O–H groups in total. The third kappa shape index (κ3) is 3.31. The van der Waals surface area contributed by atoms with Crippen molar-refractivity contribution in [3.8, 4) is 11.1 Å². The van der Waals surface area contributed by atoms with Crippen LogP contribution in [-0.4, -0.2) is 13.4 Å². The fraction of sp³-hybridized carbons (Fsp3) is 0. The molecule has 0 radical (unpaired) electrons. The van der Waals surface area contributed by atoms with Gasteiger partial charge in [0.1, 0.15) is 0 Å². The maximum atomic E-state index is 12.5. The molecule has 4 rings (SSSR count). The summed E-state index contributed by atoms with van der Waals surface area (Å²) in [6.07, 6.45) is 1.64. The number of nitrogens with zero attached hydrogens (tertiary/aromatic N) is 1. The summed E-state index contributed by atoms with van der Waals surface area (Å²) in [5.41, 5.74) is 1.98. The minimum Gasteiger partial charge on any atom is -0.276 e. The predicted molar refractivity (Wildman–Crippen MR) is 107 cm³/mol. The van der Waals surface area contributed by atoms with E-state index in [0.717, 1.165) is 16.5 Å². The summed E-state index contributed by atoms with van der Waals surface area (Å²) in [6.45, 7) is 0. The molecule has 0 aliphatic heterocycles. The first kappa shape index (κ1) is 17.0. The highest BCUT2D eigenvalue weighted by atomic mass is 35.5. The lowest BCUT2D eigenvalue weighted by molar-refractivity contribution is 0.601. The number of hydrogen-bond acceptors (Lipinski definition) is 4. The molecule has 7 heteroatoms. The summed E-state index contributed by atoms with van der Waals surface area (Å²) in [6, 6.07) is 18.0. The topological polar surface area (TPSA) is 59.1 Å². The first-order valence-corrected chi connectivity index (χ1v) is 10.5. The standard InChI is InChI=1S/C19H13ClN2O2S2/c20-19-17(22-26(23,24)16-4-2-1-3-5-16)11-15(12-21-19)13-6-7-18-14(10-13)8-9-25-18/h1-12,22H. The van der Waals surface area contributed by atoms with Crippen molar-refractivity contribution in [2.75, 3.05) is 4.72 Å². The lowest BCUT2D eigenvalue weighted by Crippen LogP contribution is -2.13. The van der Waals surface area contributed by atoms with E-state index in [1.54, 1.807) is 41.8 Å².